The Morgan fingerprint density at radius 3 is 2.43 bits per heavy atom. The Balaban J connectivity index is 2.22. The molecule has 2 aromatic carbocycles. The Labute approximate surface area is 166 Å². The summed E-state index contributed by atoms with van der Waals surface area (Å²) in [7, 11) is -3.41. The maximum Gasteiger partial charge on any atom is 0.255 e. The van der Waals surface area contributed by atoms with Crippen molar-refractivity contribution in [2.24, 2.45) is 0 Å². The van der Waals surface area contributed by atoms with E-state index in [0.29, 0.717) is 41.7 Å². The minimum absolute atomic E-state index is 0.336. The number of ether oxygens (including phenoxy) is 2. The van der Waals surface area contributed by atoms with E-state index >= 15 is 0 Å². The Bertz CT molecular complexity index is 942. The van der Waals surface area contributed by atoms with Gasteiger partial charge in [-0.2, -0.15) is 0 Å². The summed E-state index contributed by atoms with van der Waals surface area (Å²) in [5.41, 5.74) is 2.05. The lowest BCUT2D eigenvalue weighted by atomic mass is 10.1. The van der Waals surface area contributed by atoms with Crippen LogP contribution in [-0.4, -0.2) is 33.8 Å². The first kappa shape index (κ1) is 21.6. The first-order valence-electron chi connectivity index (χ1n) is 9.03. The van der Waals surface area contributed by atoms with Crippen molar-refractivity contribution in [3.63, 3.8) is 0 Å². The highest BCUT2D eigenvalue weighted by molar-refractivity contribution is 7.92. The number of hydrogen-bond acceptors (Lipinski definition) is 5. The topological polar surface area (TPSA) is 93.7 Å². The highest BCUT2D eigenvalue weighted by Gasteiger charge is 2.13. The second kappa shape index (κ2) is 9.45. The highest BCUT2D eigenvalue weighted by atomic mass is 32.2. The predicted octanol–water partition coefficient (Wildman–Crippen LogP) is 3.81. The van der Waals surface area contributed by atoms with Crippen molar-refractivity contribution < 1.29 is 22.7 Å². The van der Waals surface area contributed by atoms with E-state index in [1.165, 1.54) is 0 Å². The molecule has 0 saturated carbocycles. The number of carbonyl (C=O) groups is 1. The standard InChI is InChI=1S/C20H26N2O5S/c1-5-11-27-18-10-8-15(12-19(18)26-6-2)20(23)21-16-9-7-14(3)17(13-16)22-28(4,24)25/h7-10,12-13,22H,5-6,11H2,1-4H3,(H,21,23). The molecule has 2 rings (SSSR count). The van der Waals surface area contributed by atoms with Gasteiger partial charge in [0.2, 0.25) is 10.0 Å². The van der Waals surface area contributed by atoms with E-state index in [1.807, 2.05) is 13.8 Å². The molecule has 0 fully saturated rings. The fourth-order valence-electron chi connectivity index (χ4n) is 2.46. The largest absolute Gasteiger partial charge is 0.490 e. The van der Waals surface area contributed by atoms with Crippen molar-refractivity contribution in [1.82, 2.24) is 0 Å². The van der Waals surface area contributed by atoms with Crippen LogP contribution in [0.25, 0.3) is 0 Å². The van der Waals surface area contributed by atoms with Crippen LogP contribution in [-0.2, 0) is 10.0 Å². The van der Waals surface area contributed by atoms with Gasteiger partial charge in [0, 0.05) is 11.3 Å². The van der Waals surface area contributed by atoms with Gasteiger partial charge >= 0.3 is 0 Å². The predicted molar refractivity (Wildman–Crippen MR) is 111 cm³/mol. The summed E-state index contributed by atoms with van der Waals surface area (Å²) >= 11 is 0. The lowest BCUT2D eigenvalue weighted by Gasteiger charge is -2.14. The average Bonchev–Trinajstić information content (AvgIpc) is 2.62. The Morgan fingerprint density at radius 1 is 1.04 bits per heavy atom. The maximum atomic E-state index is 12.6. The van der Waals surface area contributed by atoms with Crippen LogP contribution in [0.4, 0.5) is 11.4 Å². The third kappa shape index (κ3) is 6.16. The van der Waals surface area contributed by atoms with Gasteiger partial charge in [-0.3, -0.25) is 9.52 Å². The van der Waals surface area contributed by atoms with E-state index in [9.17, 15) is 13.2 Å². The van der Waals surface area contributed by atoms with Crippen LogP contribution in [0.5, 0.6) is 11.5 Å². The molecule has 0 spiro atoms. The van der Waals surface area contributed by atoms with Crippen molar-refractivity contribution >= 4 is 27.3 Å². The molecule has 1 amide bonds. The van der Waals surface area contributed by atoms with Gasteiger partial charge in [-0.15, -0.1) is 0 Å². The van der Waals surface area contributed by atoms with Crippen LogP contribution in [0.3, 0.4) is 0 Å². The zero-order chi connectivity index (χ0) is 20.7. The molecular formula is C20H26N2O5S. The zero-order valence-electron chi connectivity index (χ0n) is 16.5. The zero-order valence-corrected chi connectivity index (χ0v) is 17.4. The van der Waals surface area contributed by atoms with E-state index in [4.69, 9.17) is 9.47 Å². The van der Waals surface area contributed by atoms with Gasteiger partial charge in [0.05, 0.1) is 25.2 Å². The van der Waals surface area contributed by atoms with Gasteiger partial charge in [-0.05, 0) is 56.2 Å². The van der Waals surface area contributed by atoms with E-state index < -0.39 is 10.0 Å². The SMILES string of the molecule is CCCOc1ccc(C(=O)Nc2ccc(C)c(NS(C)(=O)=O)c2)cc1OCC. The monoisotopic (exact) mass is 406 g/mol. The van der Waals surface area contributed by atoms with Gasteiger partial charge in [0.15, 0.2) is 11.5 Å². The molecule has 0 aliphatic rings. The summed E-state index contributed by atoms with van der Waals surface area (Å²) < 4.78 is 36.6. The van der Waals surface area contributed by atoms with Crippen LogP contribution in [0, 0.1) is 6.92 Å². The lowest BCUT2D eigenvalue weighted by molar-refractivity contribution is 0.102. The number of anilines is 2. The third-order valence-corrected chi connectivity index (χ3v) is 4.35. The molecule has 0 aliphatic carbocycles. The second-order valence-electron chi connectivity index (χ2n) is 6.30. The molecule has 2 N–H and O–H groups in total. The molecule has 0 bridgehead atoms. The number of sulfonamides is 1. The van der Waals surface area contributed by atoms with E-state index in [-0.39, 0.29) is 5.91 Å². The van der Waals surface area contributed by atoms with Crippen LogP contribution in [0.1, 0.15) is 36.2 Å². The summed E-state index contributed by atoms with van der Waals surface area (Å²) in [5.74, 6) is 0.763. The number of benzene rings is 2. The molecule has 152 valence electrons. The normalized spacial score (nSPS) is 11.0. The molecule has 0 radical (unpaired) electrons. The lowest BCUT2D eigenvalue weighted by Crippen LogP contribution is -2.14. The molecule has 28 heavy (non-hydrogen) atoms. The second-order valence-corrected chi connectivity index (χ2v) is 8.05. The van der Waals surface area contributed by atoms with Crippen LogP contribution in [0.15, 0.2) is 36.4 Å². The van der Waals surface area contributed by atoms with Gasteiger partial charge in [0.1, 0.15) is 0 Å². The van der Waals surface area contributed by atoms with E-state index in [2.05, 4.69) is 10.0 Å². The Hall–Kier alpha value is -2.74. The molecule has 8 heteroatoms. The fraction of sp³-hybridized carbons (Fsp3) is 0.350. The number of amides is 1. The summed E-state index contributed by atoms with van der Waals surface area (Å²) in [6.07, 6.45) is 1.94. The molecule has 7 nitrogen and oxygen atoms in total. The van der Waals surface area contributed by atoms with Gasteiger partial charge in [-0.25, -0.2) is 8.42 Å². The molecule has 2 aromatic rings. The number of hydrogen-bond donors (Lipinski definition) is 2. The van der Waals surface area contributed by atoms with Crippen LogP contribution < -0.4 is 19.5 Å². The molecule has 0 atom stereocenters. The highest BCUT2D eigenvalue weighted by Crippen LogP contribution is 2.29. The Morgan fingerprint density at radius 2 is 1.79 bits per heavy atom. The van der Waals surface area contributed by atoms with Gasteiger partial charge in [-0.1, -0.05) is 13.0 Å². The summed E-state index contributed by atoms with van der Waals surface area (Å²) in [5, 5.41) is 2.77. The smallest absolute Gasteiger partial charge is 0.255 e. The van der Waals surface area contributed by atoms with E-state index in [0.717, 1.165) is 18.2 Å². The molecule has 0 heterocycles. The molecule has 0 aliphatic heterocycles. The Kier molecular flexibility index (Phi) is 7.28. The number of nitrogens with one attached hydrogen (secondary N) is 2. The first-order valence-corrected chi connectivity index (χ1v) is 10.9. The van der Waals surface area contributed by atoms with Crippen molar-refractivity contribution in [2.45, 2.75) is 27.2 Å². The first-order chi connectivity index (χ1) is 13.2. The van der Waals surface area contributed by atoms with Crippen molar-refractivity contribution in [1.29, 1.82) is 0 Å². The van der Waals surface area contributed by atoms with Crippen molar-refractivity contribution in [3.8, 4) is 11.5 Å². The van der Waals surface area contributed by atoms with Crippen molar-refractivity contribution in [2.75, 3.05) is 29.5 Å². The summed E-state index contributed by atoms with van der Waals surface area (Å²) in [6.45, 7) is 6.66. The minimum atomic E-state index is -3.41. The maximum absolute atomic E-state index is 12.6. The summed E-state index contributed by atoms with van der Waals surface area (Å²) in [4.78, 5) is 12.6. The third-order valence-electron chi connectivity index (χ3n) is 3.76. The molecule has 0 saturated heterocycles. The van der Waals surface area contributed by atoms with Gasteiger partial charge in [0.25, 0.3) is 5.91 Å². The van der Waals surface area contributed by atoms with Crippen molar-refractivity contribution in [3.05, 3.63) is 47.5 Å². The number of rotatable bonds is 9. The van der Waals surface area contributed by atoms with Gasteiger partial charge < -0.3 is 14.8 Å². The summed E-state index contributed by atoms with van der Waals surface area (Å²) in [6, 6.07) is 10.0. The number of carbonyl (C=O) groups excluding carboxylic acids is 1. The van der Waals surface area contributed by atoms with Crippen LogP contribution in [0.2, 0.25) is 0 Å². The van der Waals surface area contributed by atoms with E-state index in [1.54, 1.807) is 43.3 Å². The molecular weight excluding hydrogens is 380 g/mol. The fourth-order valence-corrected chi connectivity index (χ4v) is 3.08. The number of aryl methyl sites for hydroxylation is 1. The molecule has 0 unspecified atom stereocenters. The minimum Gasteiger partial charge on any atom is -0.490 e. The quantitative estimate of drug-likeness (QED) is 0.660. The molecule has 0 aromatic heterocycles. The average molecular weight is 407 g/mol. The van der Waals surface area contributed by atoms with Crippen LogP contribution >= 0.6 is 0 Å².